The van der Waals surface area contributed by atoms with Crippen LogP contribution in [0.3, 0.4) is 0 Å². The molecule has 1 aromatic carbocycles. The van der Waals surface area contributed by atoms with Crippen LogP contribution in [0, 0.1) is 24.2 Å². The van der Waals surface area contributed by atoms with Gasteiger partial charge in [-0.15, -0.1) is 0 Å². The summed E-state index contributed by atoms with van der Waals surface area (Å²) in [5, 5.41) is 19.2. The van der Waals surface area contributed by atoms with Gasteiger partial charge in [0.05, 0.1) is 6.07 Å². The summed E-state index contributed by atoms with van der Waals surface area (Å²) >= 11 is 0. The summed E-state index contributed by atoms with van der Waals surface area (Å²) in [4.78, 5) is 25.7. The van der Waals surface area contributed by atoms with Gasteiger partial charge in [0.1, 0.15) is 5.60 Å². The number of benzene rings is 1. The highest BCUT2D eigenvalue weighted by atomic mass is 16.6. The smallest absolute Gasteiger partial charge is 0.410 e. The predicted molar refractivity (Wildman–Crippen MR) is 96.6 cm³/mol. The topological polar surface area (TPSA) is 90.6 Å². The highest BCUT2D eigenvalue weighted by Gasteiger charge is 2.48. The Labute approximate surface area is 154 Å². The molecular formula is C20H26N2O4. The van der Waals surface area contributed by atoms with Crippen LogP contribution in [0.25, 0.3) is 0 Å². The zero-order chi connectivity index (χ0) is 19.5. The van der Waals surface area contributed by atoms with E-state index in [1.807, 2.05) is 58.0 Å². The monoisotopic (exact) mass is 358 g/mol. The molecule has 0 aromatic heterocycles. The SMILES string of the molecule is Cc1ccccc1C1(C(C#N)C(=O)O)CCN(C(=O)OC(C)(C)C)CC1. The lowest BCUT2D eigenvalue weighted by Crippen LogP contribution is -2.51. The van der Waals surface area contributed by atoms with E-state index in [1.165, 1.54) is 0 Å². The lowest BCUT2D eigenvalue weighted by atomic mass is 9.63. The quantitative estimate of drug-likeness (QED) is 0.893. The zero-order valence-corrected chi connectivity index (χ0v) is 15.8. The summed E-state index contributed by atoms with van der Waals surface area (Å²) in [5.41, 5.74) is 0.431. The van der Waals surface area contributed by atoms with Crippen LogP contribution < -0.4 is 0 Å². The van der Waals surface area contributed by atoms with Gasteiger partial charge in [0.2, 0.25) is 0 Å². The summed E-state index contributed by atoms with van der Waals surface area (Å²) in [6.45, 7) is 8.06. The van der Waals surface area contributed by atoms with Crippen LogP contribution in [0.4, 0.5) is 4.79 Å². The second-order valence-electron chi connectivity index (χ2n) is 7.84. The Morgan fingerprint density at radius 3 is 2.31 bits per heavy atom. The largest absolute Gasteiger partial charge is 0.480 e. The Hall–Kier alpha value is -2.55. The molecular weight excluding hydrogens is 332 g/mol. The van der Waals surface area contributed by atoms with Gasteiger partial charge in [0.25, 0.3) is 0 Å². The lowest BCUT2D eigenvalue weighted by molar-refractivity contribution is -0.142. The second-order valence-corrected chi connectivity index (χ2v) is 7.84. The number of aliphatic carboxylic acids is 1. The number of carboxylic acid groups (broad SMARTS) is 1. The molecule has 140 valence electrons. The lowest BCUT2D eigenvalue weighted by Gasteiger charge is -2.44. The van der Waals surface area contributed by atoms with Crippen LogP contribution >= 0.6 is 0 Å². The Bertz CT molecular complexity index is 722. The van der Waals surface area contributed by atoms with Gasteiger partial charge in [0, 0.05) is 18.5 Å². The summed E-state index contributed by atoms with van der Waals surface area (Å²) in [5.74, 6) is -2.29. The molecule has 0 aliphatic carbocycles. The van der Waals surface area contributed by atoms with Crippen LogP contribution in [0.2, 0.25) is 0 Å². The van der Waals surface area contributed by atoms with Crippen molar-refractivity contribution in [2.45, 2.75) is 51.6 Å². The number of ether oxygens (including phenoxy) is 1. The van der Waals surface area contributed by atoms with Gasteiger partial charge in [-0.25, -0.2) is 4.79 Å². The van der Waals surface area contributed by atoms with E-state index in [1.54, 1.807) is 4.90 Å². The molecule has 0 bridgehead atoms. The molecule has 1 unspecified atom stereocenters. The molecule has 0 spiro atoms. The fraction of sp³-hybridized carbons (Fsp3) is 0.550. The molecule has 6 heteroatoms. The molecule has 2 rings (SSSR count). The predicted octanol–water partition coefficient (Wildman–Crippen LogP) is 3.49. The molecule has 0 radical (unpaired) electrons. The number of rotatable bonds is 3. The molecule has 1 aromatic rings. The number of piperidine rings is 1. The molecule has 1 amide bonds. The molecule has 1 N–H and O–H groups in total. The third-order valence-corrected chi connectivity index (χ3v) is 4.92. The van der Waals surface area contributed by atoms with E-state index in [-0.39, 0.29) is 0 Å². The maximum atomic E-state index is 12.3. The summed E-state index contributed by atoms with van der Waals surface area (Å²) in [7, 11) is 0. The third kappa shape index (κ3) is 3.98. The van der Waals surface area contributed by atoms with Crippen molar-refractivity contribution in [3.8, 4) is 6.07 Å². The Morgan fingerprint density at radius 1 is 1.27 bits per heavy atom. The van der Waals surface area contributed by atoms with E-state index in [9.17, 15) is 20.0 Å². The minimum absolute atomic E-state index is 0.356. The van der Waals surface area contributed by atoms with E-state index < -0.39 is 29.0 Å². The highest BCUT2D eigenvalue weighted by Crippen LogP contribution is 2.43. The Morgan fingerprint density at radius 2 is 1.85 bits per heavy atom. The minimum Gasteiger partial charge on any atom is -0.480 e. The molecule has 1 aliphatic rings. The van der Waals surface area contributed by atoms with E-state index >= 15 is 0 Å². The fourth-order valence-electron chi connectivity index (χ4n) is 3.67. The number of hydrogen-bond acceptors (Lipinski definition) is 4. The average molecular weight is 358 g/mol. The summed E-state index contributed by atoms with van der Waals surface area (Å²) in [6, 6.07) is 9.56. The molecule has 26 heavy (non-hydrogen) atoms. The van der Waals surface area contributed by atoms with Crippen LogP contribution in [0.1, 0.15) is 44.7 Å². The first-order chi connectivity index (χ1) is 12.1. The minimum atomic E-state index is -1.16. The van der Waals surface area contributed by atoms with Crippen molar-refractivity contribution >= 4 is 12.1 Å². The van der Waals surface area contributed by atoms with Crippen molar-refractivity contribution in [2.75, 3.05) is 13.1 Å². The van der Waals surface area contributed by atoms with Gasteiger partial charge in [-0.1, -0.05) is 24.3 Å². The van der Waals surface area contributed by atoms with Gasteiger partial charge in [-0.05, 0) is 51.7 Å². The first-order valence-electron chi connectivity index (χ1n) is 8.77. The zero-order valence-electron chi connectivity index (χ0n) is 15.8. The number of carboxylic acids is 1. The molecule has 1 atom stereocenters. The fourth-order valence-corrected chi connectivity index (χ4v) is 3.67. The molecule has 1 heterocycles. The number of carbonyl (C=O) groups excluding carboxylic acids is 1. The maximum absolute atomic E-state index is 12.3. The van der Waals surface area contributed by atoms with Gasteiger partial charge in [-0.3, -0.25) is 4.79 Å². The standard InChI is InChI=1S/C20H26N2O4/c1-14-7-5-6-8-15(14)20(16(13-21)17(23)24)9-11-22(12-10-20)18(25)26-19(2,3)4/h5-8,16H,9-12H2,1-4H3,(H,23,24). The van der Waals surface area contributed by atoms with Crippen molar-refractivity contribution in [2.24, 2.45) is 5.92 Å². The number of nitrogens with zero attached hydrogens (tertiary/aromatic N) is 2. The van der Waals surface area contributed by atoms with E-state index in [0.717, 1.165) is 11.1 Å². The van der Waals surface area contributed by atoms with Crippen LogP contribution in [-0.2, 0) is 14.9 Å². The van der Waals surface area contributed by atoms with Gasteiger partial charge in [-0.2, -0.15) is 5.26 Å². The van der Waals surface area contributed by atoms with E-state index in [4.69, 9.17) is 4.74 Å². The number of likely N-dealkylation sites (tertiary alicyclic amines) is 1. The highest BCUT2D eigenvalue weighted by molar-refractivity contribution is 5.76. The number of aryl methyl sites for hydroxylation is 1. The van der Waals surface area contributed by atoms with Crippen molar-refractivity contribution in [1.82, 2.24) is 4.90 Å². The molecule has 6 nitrogen and oxygen atoms in total. The van der Waals surface area contributed by atoms with Gasteiger partial charge in [0.15, 0.2) is 5.92 Å². The molecule has 1 saturated heterocycles. The first-order valence-corrected chi connectivity index (χ1v) is 8.77. The van der Waals surface area contributed by atoms with Crippen molar-refractivity contribution < 1.29 is 19.4 Å². The second kappa shape index (κ2) is 7.36. The number of carbonyl (C=O) groups is 2. The normalized spacial score (nSPS) is 17.9. The Balaban J connectivity index is 2.33. The van der Waals surface area contributed by atoms with Crippen molar-refractivity contribution in [3.63, 3.8) is 0 Å². The van der Waals surface area contributed by atoms with E-state index in [0.29, 0.717) is 25.9 Å². The molecule has 0 saturated carbocycles. The molecule has 1 fully saturated rings. The number of nitriles is 1. The van der Waals surface area contributed by atoms with Crippen molar-refractivity contribution in [1.29, 1.82) is 5.26 Å². The van der Waals surface area contributed by atoms with Gasteiger partial charge < -0.3 is 14.7 Å². The van der Waals surface area contributed by atoms with Crippen LogP contribution in [0.15, 0.2) is 24.3 Å². The Kier molecular flexibility index (Phi) is 5.60. The summed E-state index contributed by atoms with van der Waals surface area (Å²) < 4.78 is 5.41. The number of hydrogen-bond donors (Lipinski definition) is 1. The first kappa shape index (κ1) is 19.8. The average Bonchev–Trinajstić information content (AvgIpc) is 2.54. The van der Waals surface area contributed by atoms with Crippen LogP contribution in [0.5, 0.6) is 0 Å². The van der Waals surface area contributed by atoms with Crippen LogP contribution in [-0.4, -0.2) is 40.8 Å². The third-order valence-electron chi connectivity index (χ3n) is 4.92. The number of amides is 1. The summed E-state index contributed by atoms with van der Waals surface area (Å²) in [6.07, 6.45) is 0.406. The van der Waals surface area contributed by atoms with Gasteiger partial charge >= 0.3 is 12.1 Å². The van der Waals surface area contributed by atoms with Crippen molar-refractivity contribution in [3.05, 3.63) is 35.4 Å². The van der Waals surface area contributed by atoms with E-state index in [2.05, 4.69) is 0 Å². The molecule has 1 aliphatic heterocycles. The maximum Gasteiger partial charge on any atom is 0.410 e.